The molecule has 1 atom stereocenters. The Bertz CT molecular complexity index is 1680. The molecule has 6 nitrogen and oxygen atoms in total. The van der Waals surface area contributed by atoms with Crippen LogP contribution in [0.3, 0.4) is 0 Å². The SMILES string of the molecule is CCc1sc2ccccc2c1-c1cn(C)c(C([N-]c2c(C(C)C)cccc2C(C)C)c2c(C)cc(C)cc2C)n1.C[N-]C.C[N-]C.C[N-]C.[Hf]. The molecular formula is C42H60HfN6S-4. The summed E-state index contributed by atoms with van der Waals surface area (Å²) in [4.78, 5) is 6.80. The van der Waals surface area contributed by atoms with E-state index in [1.165, 1.54) is 53.9 Å². The summed E-state index contributed by atoms with van der Waals surface area (Å²) in [7, 11) is 12.6. The Balaban J connectivity index is 0.00000113. The molecule has 2 heterocycles. The van der Waals surface area contributed by atoms with Crippen molar-refractivity contribution >= 4 is 27.1 Å². The van der Waals surface area contributed by atoms with Crippen LogP contribution in [-0.4, -0.2) is 51.8 Å². The first-order valence-corrected chi connectivity index (χ1v) is 18.1. The minimum Gasteiger partial charge on any atom is -0.671 e. The fraction of sp³-hybridized carbons (Fsp3) is 0.452. The summed E-state index contributed by atoms with van der Waals surface area (Å²) < 4.78 is 3.53. The molecule has 0 radical (unpaired) electrons. The molecule has 0 fully saturated rings. The van der Waals surface area contributed by atoms with Crippen molar-refractivity contribution in [2.45, 2.75) is 79.7 Å². The van der Waals surface area contributed by atoms with Crippen LogP contribution >= 0.6 is 11.3 Å². The average Bonchev–Trinajstić information content (AvgIpc) is 3.60. The number of imidazole rings is 1. The number of aryl methyl sites for hydroxylation is 5. The van der Waals surface area contributed by atoms with Crippen LogP contribution in [0.15, 0.2) is 60.8 Å². The molecule has 3 aromatic carbocycles. The first kappa shape index (κ1) is 45.4. The Morgan fingerprint density at radius 3 is 1.74 bits per heavy atom. The fourth-order valence-corrected chi connectivity index (χ4v) is 7.30. The maximum atomic E-state index is 5.67. The van der Waals surface area contributed by atoms with Gasteiger partial charge in [0.05, 0.1) is 11.5 Å². The van der Waals surface area contributed by atoms with Crippen LogP contribution in [0.5, 0.6) is 0 Å². The van der Waals surface area contributed by atoms with E-state index >= 15 is 0 Å². The van der Waals surface area contributed by atoms with E-state index in [9.17, 15) is 0 Å². The van der Waals surface area contributed by atoms with Gasteiger partial charge in [0.15, 0.2) is 0 Å². The minimum atomic E-state index is -0.216. The number of nitrogens with zero attached hydrogens (tertiary/aromatic N) is 6. The number of para-hydroxylation sites is 1. The predicted octanol–water partition coefficient (Wildman–Crippen LogP) is 12.7. The quantitative estimate of drug-likeness (QED) is 0.143. The van der Waals surface area contributed by atoms with Crippen LogP contribution in [0.4, 0.5) is 5.69 Å². The van der Waals surface area contributed by atoms with Crippen LogP contribution in [0.25, 0.3) is 42.6 Å². The largest absolute Gasteiger partial charge is 0.671 e. The molecule has 2 aromatic heterocycles. The normalized spacial score (nSPS) is 11.1. The van der Waals surface area contributed by atoms with Gasteiger partial charge >= 0.3 is 0 Å². The van der Waals surface area contributed by atoms with E-state index in [0.29, 0.717) is 11.8 Å². The minimum absolute atomic E-state index is 0. The molecule has 0 saturated heterocycles. The molecule has 272 valence electrons. The van der Waals surface area contributed by atoms with E-state index in [-0.39, 0.29) is 31.9 Å². The van der Waals surface area contributed by atoms with Gasteiger partial charge in [0, 0.05) is 59.6 Å². The van der Waals surface area contributed by atoms with Crippen molar-refractivity contribution < 1.29 is 25.8 Å². The molecule has 0 amide bonds. The van der Waals surface area contributed by atoms with Crippen LogP contribution in [0.1, 0.15) is 96.6 Å². The van der Waals surface area contributed by atoms with Crippen molar-refractivity contribution in [3.05, 3.63) is 126 Å². The Hall–Kier alpha value is -2.62. The summed E-state index contributed by atoms with van der Waals surface area (Å²) in [6.07, 6.45) is 3.20. The Labute approximate surface area is 327 Å². The van der Waals surface area contributed by atoms with Crippen LogP contribution < -0.4 is 0 Å². The Morgan fingerprint density at radius 2 is 1.26 bits per heavy atom. The Morgan fingerprint density at radius 1 is 0.760 bits per heavy atom. The van der Waals surface area contributed by atoms with Crippen LogP contribution in [0, 0.1) is 20.8 Å². The molecule has 5 aromatic rings. The molecule has 0 saturated carbocycles. The fourth-order valence-electron chi connectivity index (χ4n) is 6.14. The third-order valence-electron chi connectivity index (χ3n) is 8.01. The van der Waals surface area contributed by atoms with Crippen LogP contribution in [0.2, 0.25) is 0 Å². The van der Waals surface area contributed by atoms with E-state index in [2.05, 4.69) is 144 Å². The van der Waals surface area contributed by atoms with Gasteiger partial charge in [-0.05, 0) is 67.8 Å². The zero-order valence-corrected chi connectivity index (χ0v) is 37.7. The topological polar surface area (TPSA) is 74.2 Å². The summed E-state index contributed by atoms with van der Waals surface area (Å²) in [6, 6.07) is 19.8. The molecule has 0 aliphatic carbocycles. The van der Waals surface area contributed by atoms with Gasteiger partial charge in [-0.3, -0.25) is 0 Å². The summed E-state index contributed by atoms with van der Waals surface area (Å²) in [6.45, 7) is 17.9. The van der Waals surface area contributed by atoms with Gasteiger partial charge in [0.2, 0.25) is 0 Å². The molecule has 0 aliphatic rings. The zero-order chi connectivity index (χ0) is 36.8. The van der Waals surface area contributed by atoms with Crippen molar-refractivity contribution in [1.29, 1.82) is 0 Å². The molecule has 5 rings (SSSR count). The van der Waals surface area contributed by atoms with E-state index in [1.54, 1.807) is 42.3 Å². The Kier molecular flexibility index (Phi) is 20.3. The van der Waals surface area contributed by atoms with E-state index < -0.39 is 0 Å². The first-order chi connectivity index (χ1) is 23.3. The maximum absolute atomic E-state index is 5.67. The van der Waals surface area contributed by atoms with Crippen molar-refractivity contribution in [3.63, 3.8) is 0 Å². The number of fused-ring (bicyclic) bond motifs is 1. The molecule has 8 heteroatoms. The van der Waals surface area contributed by atoms with Gasteiger partial charge < -0.3 is 25.8 Å². The van der Waals surface area contributed by atoms with Gasteiger partial charge in [0.25, 0.3) is 0 Å². The number of aromatic nitrogens is 2. The molecular weight excluding hydrogens is 799 g/mol. The second-order valence-corrected chi connectivity index (χ2v) is 14.3. The van der Waals surface area contributed by atoms with E-state index in [0.717, 1.165) is 23.6 Å². The van der Waals surface area contributed by atoms with Gasteiger partial charge in [-0.1, -0.05) is 99.8 Å². The number of hydrogen-bond donors (Lipinski definition) is 0. The second-order valence-electron chi connectivity index (χ2n) is 13.1. The molecule has 50 heavy (non-hydrogen) atoms. The number of benzene rings is 3. The third-order valence-corrected chi connectivity index (χ3v) is 9.33. The molecule has 0 aliphatic heterocycles. The standard InChI is InChI=1S/C36H42N3S.3C2H6N.Hf/c1-10-30-33(28-14-11-12-17-31(28)40-30)29-20-39(9)36(37-29)35(32-24(7)18-23(6)19-25(32)8)38-34-26(21(2)3)15-13-16-27(34)22(4)5;3*1-3-2;/h11-22,35H,10H2,1-9H3;3*1-2H3;/q4*-1;. The van der Waals surface area contributed by atoms with Gasteiger partial charge in [-0.2, -0.15) is 42.3 Å². The van der Waals surface area contributed by atoms with Crippen molar-refractivity contribution in [1.82, 2.24) is 9.55 Å². The molecule has 0 N–H and O–H groups in total. The van der Waals surface area contributed by atoms with Crippen LogP contribution in [-0.2, 0) is 39.3 Å². The third kappa shape index (κ3) is 11.4. The monoisotopic (exact) mass is 860 g/mol. The maximum Gasteiger partial charge on any atom is 0.0984 e. The summed E-state index contributed by atoms with van der Waals surface area (Å²) in [5, 5.41) is 17.5. The average molecular weight is 860 g/mol. The smallest absolute Gasteiger partial charge is 0.0984 e. The van der Waals surface area contributed by atoms with Crippen molar-refractivity contribution in [2.75, 3.05) is 42.3 Å². The van der Waals surface area contributed by atoms with E-state index in [4.69, 9.17) is 10.3 Å². The van der Waals surface area contributed by atoms with Gasteiger partial charge in [-0.25, -0.2) is 4.98 Å². The first-order valence-electron chi connectivity index (χ1n) is 17.2. The molecule has 1 unspecified atom stereocenters. The molecule has 0 bridgehead atoms. The summed E-state index contributed by atoms with van der Waals surface area (Å²) in [5.41, 5.74) is 11.1. The van der Waals surface area contributed by atoms with Gasteiger partial charge in [0.1, 0.15) is 0 Å². The molecule has 0 spiro atoms. The number of hydrogen-bond acceptors (Lipinski definition) is 2. The zero-order valence-electron chi connectivity index (χ0n) is 33.3. The second kappa shape index (κ2) is 22.3. The summed E-state index contributed by atoms with van der Waals surface area (Å²) >= 11 is 1.89. The predicted molar refractivity (Wildman–Crippen MR) is 219 cm³/mol. The van der Waals surface area contributed by atoms with Gasteiger partial charge in [-0.15, -0.1) is 17.0 Å². The van der Waals surface area contributed by atoms with Crippen molar-refractivity contribution in [3.8, 4) is 11.3 Å². The van der Waals surface area contributed by atoms with E-state index in [1.807, 2.05) is 11.3 Å². The van der Waals surface area contributed by atoms with Crippen molar-refractivity contribution in [2.24, 2.45) is 7.05 Å². The number of thiophene rings is 1. The summed E-state index contributed by atoms with van der Waals surface area (Å²) in [5.74, 6) is 1.73. The number of rotatable bonds is 8.